The first-order valence-corrected chi connectivity index (χ1v) is 22.9. The predicted molar refractivity (Wildman–Crippen MR) is 201 cm³/mol. The first-order chi connectivity index (χ1) is 26.0. The van der Waals surface area contributed by atoms with E-state index in [1.54, 1.807) is 0 Å². The molecular weight excluding hydrogens is 684 g/mol. The highest BCUT2D eigenvalue weighted by Gasteiger charge is 2.70. The maximum atomic E-state index is 6.92. The smallest absolute Gasteiger partial charge is 0.201 e. The Morgan fingerprint density at radius 3 is 1.30 bits per heavy atom. The highest BCUT2D eigenvalue weighted by atomic mass is 17.3. The summed E-state index contributed by atoms with van der Waals surface area (Å²) in [5, 5.41) is 0. The van der Waals surface area contributed by atoms with Crippen LogP contribution < -0.4 is 0 Å². The summed E-state index contributed by atoms with van der Waals surface area (Å²) < 4.78 is 27.1. The van der Waals surface area contributed by atoms with Crippen molar-refractivity contribution < 1.29 is 38.5 Å². The molecule has 0 aromatic carbocycles. The third-order valence-corrected chi connectivity index (χ3v) is 18.0. The van der Waals surface area contributed by atoms with Gasteiger partial charge in [-0.3, -0.25) is 0 Å². The molecule has 0 aromatic heterocycles. The van der Waals surface area contributed by atoms with Crippen molar-refractivity contribution in [3.05, 3.63) is 0 Å². The molecule has 0 N–H and O–H groups in total. The molecule has 2 unspecified atom stereocenters. The van der Waals surface area contributed by atoms with Crippen LogP contribution in [0.1, 0.15) is 131 Å². The molecule has 2 spiro atoms. The first kappa shape index (κ1) is 37.8. The van der Waals surface area contributed by atoms with Crippen LogP contribution in [0.25, 0.3) is 0 Å². The Morgan fingerprint density at radius 1 is 0.481 bits per heavy atom. The Balaban J connectivity index is 0.685. The molecule has 0 aromatic rings. The van der Waals surface area contributed by atoms with Crippen LogP contribution in [0.4, 0.5) is 0 Å². The van der Waals surface area contributed by atoms with Gasteiger partial charge in [-0.1, -0.05) is 27.7 Å². The summed E-state index contributed by atoms with van der Waals surface area (Å²) in [6.07, 6.45) is 16.1. The molecule has 2 aliphatic carbocycles. The van der Waals surface area contributed by atoms with Crippen LogP contribution in [-0.2, 0) is 38.5 Å². The van der Waals surface area contributed by atoms with Crippen LogP contribution in [0.5, 0.6) is 0 Å². The zero-order valence-corrected chi connectivity index (χ0v) is 34.4. The third kappa shape index (κ3) is 6.06. The average molecular weight is 757 g/mol. The molecule has 16 atom stereocenters. The van der Waals surface area contributed by atoms with Crippen molar-refractivity contribution in [1.29, 1.82) is 0 Å². The van der Waals surface area contributed by atoms with Gasteiger partial charge in [0, 0.05) is 37.8 Å². The first-order valence-electron chi connectivity index (χ1n) is 22.9. The number of nitrogens with zero attached hydrogens (tertiary/aromatic N) is 2. The average Bonchev–Trinajstić information content (AvgIpc) is 3.55. The molecule has 4 bridgehead atoms. The summed E-state index contributed by atoms with van der Waals surface area (Å²) in [4.78, 5) is 30.3. The van der Waals surface area contributed by atoms with Crippen molar-refractivity contribution in [1.82, 2.24) is 9.80 Å². The van der Waals surface area contributed by atoms with Gasteiger partial charge in [-0.15, -0.1) is 0 Å². The predicted octanol–water partition coefficient (Wildman–Crippen LogP) is 7.69. The van der Waals surface area contributed by atoms with Crippen LogP contribution in [0.2, 0.25) is 0 Å². The van der Waals surface area contributed by atoms with Crippen LogP contribution in [0, 0.1) is 59.2 Å². The van der Waals surface area contributed by atoms with E-state index in [4.69, 9.17) is 38.5 Å². The van der Waals surface area contributed by atoms with Gasteiger partial charge in [-0.2, -0.15) is 0 Å². The third-order valence-electron chi connectivity index (χ3n) is 18.0. The molecule has 0 amide bonds. The van der Waals surface area contributed by atoms with E-state index in [1.807, 2.05) is 13.8 Å². The summed E-state index contributed by atoms with van der Waals surface area (Å²) in [5.41, 5.74) is -0.901. The van der Waals surface area contributed by atoms with Gasteiger partial charge in [-0.05, 0) is 164 Å². The molecule has 54 heavy (non-hydrogen) atoms. The molecular formula is C44H72N2O8. The molecule has 2 saturated carbocycles. The summed E-state index contributed by atoms with van der Waals surface area (Å²) >= 11 is 0. The number of piperidine rings is 2. The Kier molecular flexibility index (Phi) is 9.89. The van der Waals surface area contributed by atoms with E-state index in [9.17, 15) is 0 Å². The minimum Gasteiger partial charge on any atom is -0.346 e. The molecule has 306 valence electrons. The largest absolute Gasteiger partial charge is 0.346 e. The lowest BCUT2D eigenvalue weighted by atomic mass is 9.57. The molecule has 0 radical (unpaired) electrons. The Morgan fingerprint density at radius 2 is 0.889 bits per heavy atom. The summed E-state index contributed by atoms with van der Waals surface area (Å²) in [7, 11) is 0. The number of fused-ring (bicyclic) bond motifs is 4. The Labute approximate surface area is 325 Å². The fourth-order valence-electron chi connectivity index (χ4n) is 14.5. The van der Waals surface area contributed by atoms with E-state index >= 15 is 0 Å². The van der Waals surface area contributed by atoms with Crippen molar-refractivity contribution in [3.8, 4) is 0 Å². The summed E-state index contributed by atoms with van der Waals surface area (Å²) in [6, 6.07) is 0. The standard InChI is InChI=1S/C44H72N2O8/c1-27-7-9-35-29(3)37(47-39-43(35)33(27)11-19-41(5,49-39)51-53-43)17-25-45-21-13-31(14-22-45)32-15-23-46(24-16-32)26-18-38-30(4)36-10-8-28(2)34-12-20-42(6)50-40(48-38)44(34,36)54-52-42/h27-40H,7-26H2,1-6H3/t27-,28-,29-,30-,33+,34+,35+,36+,37?,38?,39+,40+,41-,42-,43-,44-/m1/s1. The van der Waals surface area contributed by atoms with Gasteiger partial charge in [0.15, 0.2) is 23.8 Å². The zero-order chi connectivity index (χ0) is 37.0. The normalized spacial score (nSPS) is 54.1. The molecule has 10 heterocycles. The molecule has 10 aliphatic heterocycles. The lowest BCUT2D eigenvalue weighted by Crippen LogP contribution is -2.70. The van der Waals surface area contributed by atoms with Gasteiger partial charge in [0.05, 0.1) is 12.2 Å². The zero-order valence-electron chi connectivity index (χ0n) is 34.4. The number of likely N-dealkylation sites (tertiary alicyclic amines) is 2. The van der Waals surface area contributed by atoms with E-state index in [1.165, 1.54) is 77.5 Å². The van der Waals surface area contributed by atoms with Gasteiger partial charge in [-0.25, -0.2) is 19.6 Å². The Bertz CT molecular complexity index is 1260. The molecule has 12 rings (SSSR count). The highest BCUT2D eigenvalue weighted by molar-refractivity contribution is 5.11. The minimum atomic E-state index is -0.695. The van der Waals surface area contributed by atoms with Gasteiger partial charge in [0.25, 0.3) is 0 Å². The van der Waals surface area contributed by atoms with Crippen molar-refractivity contribution in [2.24, 2.45) is 59.2 Å². The second kappa shape index (κ2) is 14.1. The number of ether oxygens (including phenoxy) is 4. The van der Waals surface area contributed by atoms with E-state index in [0.717, 1.165) is 63.5 Å². The SMILES string of the molecule is C[C@@H]1CC[C@H]2[C@@H](C)C(CCN3CCC(C4CCN(CCC5O[C@H]6O[C@@]7(C)CC[C@H]8[C@H](C)CC[C@@H]([C@H]5C)[C@@]68OO7)CC4)CC3)O[C@H]3O[C@@]4(C)CC[C@@H]1[C@]32OO4. The van der Waals surface area contributed by atoms with Gasteiger partial charge >= 0.3 is 0 Å². The lowest BCUT2D eigenvalue weighted by Gasteiger charge is -2.60. The van der Waals surface area contributed by atoms with Crippen molar-refractivity contribution in [3.63, 3.8) is 0 Å². The summed E-state index contributed by atoms with van der Waals surface area (Å²) in [5.74, 6) is 4.17. The minimum absolute atomic E-state index is 0.208. The van der Waals surface area contributed by atoms with Crippen LogP contribution in [0.3, 0.4) is 0 Å². The summed E-state index contributed by atoms with van der Waals surface area (Å²) in [6.45, 7) is 20.8. The van der Waals surface area contributed by atoms with E-state index in [-0.39, 0.29) is 24.8 Å². The lowest BCUT2D eigenvalue weighted by molar-refractivity contribution is -0.571. The molecule has 10 heteroatoms. The van der Waals surface area contributed by atoms with Crippen LogP contribution >= 0.6 is 0 Å². The number of hydrogen-bond donors (Lipinski definition) is 0. The fourth-order valence-corrected chi connectivity index (χ4v) is 14.5. The molecule has 10 saturated heterocycles. The second-order valence-corrected chi connectivity index (χ2v) is 20.8. The maximum Gasteiger partial charge on any atom is 0.201 e. The van der Waals surface area contributed by atoms with Crippen molar-refractivity contribution in [2.75, 3.05) is 39.3 Å². The molecule has 12 fully saturated rings. The van der Waals surface area contributed by atoms with E-state index in [0.29, 0.717) is 47.3 Å². The topological polar surface area (TPSA) is 80.3 Å². The second-order valence-electron chi connectivity index (χ2n) is 20.8. The monoisotopic (exact) mass is 757 g/mol. The maximum absolute atomic E-state index is 6.92. The van der Waals surface area contributed by atoms with Crippen LogP contribution in [-0.4, -0.2) is 96.6 Å². The Hall–Kier alpha value is -0.400. The van der Waals surface area contributed by atoms with E-state index < -0.39 is 22.8 Å². The van der Waals surface area contributed by atoms with Crippen molar-refractivity contribution in [2.45, 2.75) is 179 Å². The van der Waals surface area contributed by atoms with Gasteiger partial charge < -0.3 is 28.7 Å². The fraction of sp³-hybridized carbons (Fsp3) is 1.00. The van der Waals surface area contributed by atoms with Crippen molar-refractivity contribution >= 4 is 0 Å². The van der Waals surface area contributed by atoms with Crippen LogP contribution in [0.15, 0.2) is 0 Å². The number of rotatable bonds is 7. The molecule has 10 nitrogen and oxygen atoms in total. The number of hydrogen-bond acceptors (Lipinski definition) is 10. The van der Waals surface area contributed by atoms with Gasteiger partial charge in [0.2, 0.25) is 11.6 Å². The molecule has 12 aliphatic rings. The quantitative estimate of drug-likeness (QED) is 0.241. The van der Waals surface area contributed by atoms with E-state index in [2.05, 4.69) is 37.5 Å². The highest BCUT2D eigenvalue weighted by Crippen LogP contribution is 2.62. The van der Waals surface area contributed by atoms with Gasteiger partial charge in [0.1, 0.15) is 0 Å².